The molecular weight excluding hydrogens is 180 g/mol. The number of hydrogen-bond acceptors (Lipinski definition) is 3. The maximum absolute atomic E-state index is 11.1. The van der Waals surface area contributed by atoms with Crippen LogP contribution in [0.4, 0.5) is 5.69 Å². The molecule has 1 aliphatic heterocycles. The van der Waals surface area contributed by atoms with Crippen molar-refractivity contribution in [3.63, 3.8) is 0 Å². The number of carbonyl (C=O) groups is 1. The maximum atomic E-state index is 11.1. The first-order valence-electron chi connectivity index (χ1n) is 4.55. The normalized spacial score (nSPS) is 13.6. The van der Waals surface area contributed by atoms with Gasteiger partial charge < -0.3 is 15.8 Å². The Morgan fingerprint density at radius 2 is 2.36 bits per heavy atom. The largest absolute Gasteiger partial charge is 0.492 e. The third-order valence-corrected chi connectivity index (χ3v) is 2.09. The fourth-order valence-electron chi connectivity index (χ4n) is 1.47. The zero-order valence-corrected chi connectivity index (χ0v) is 7.75. The van der Waals surface area contributed by atoms with E-state index in [0.29, 0.717) is 19.6 Å². The van der Waals surface area contributed by atoms with E-state index in [2.05, 4.69) is 5.32 Å². The number of carbonyl (C=O) groups excluding carboxylic acids is 1. The Morgan fingerprint density at radius 3 is 3.14 bits per heavy atom. The van der Waals surface area contributed by atoms with Crippen molar-refractivity contribution in [1.29, 1.82) is 0 Å². The molecule has 1 amide bonds. The Bertz CT molecular complexity index is 363. The Kier molecular flexibility index (Phi) is 2.37. The molecule has 0 bridgehead atoms. The second kappa shape index (κ2) is 3.67. The summed E-state index contributed by atoms with van der Waals surface area (Å²) in [5.74, 6) is 0.807. The van der Waals surface area contributed by atoms with E-state index in [1.807, 2.05) is 18.2 Å². The standard InChI is InChI=1S/C10H12N2O2/c11-3-4-14-8-1-2-9-7(5-8)6-10(13)12-9/h1-2,5H,3-4,6,11H2,(H,12,13). The molecule has 0 radical (unpaired) electrons. The number of hydrogen-bond donors (Lipinski definition) is 2. The molecule has 1 aliphatic rings. The van der Waals surface area contributed by atoms with Gasteiger partial charge in [-0.25, -0.2) is 0 Å². The highest BCUT2D eigenvalue weighted by atomic mass is 16.5. The van der Waals surface area contributed by atoms with Crippen molar-refractivity contribution in [3.8, 4) is 5.75 Å². The maximum Gasteiger partial charge on any atom is 0.228 e. The van der Waals surface area contributed by atoms with E-state index < -0.39 is 0 Å². The van der Waals surface area contributed by atoms with Gasteiger partial charge in [0.15, 0.2) is 0 Å². The predicted octanol–water partition coefficient (Wildman–Crippen LogP) is 0.519. The van der Waals surface area contributed by atoms with Gasteiger partial charge >= 0.3 is 0 Å². The molecule has 0 spiro atoms. The summed E-state index contributed by atoms with van der Waals surface area (Å²) in [5.41, 5.74) is 7.19. The molecule has 0 aliphatic carbocycles. The number of amides is 1. The van der Waals surface area contributed by atoms with Crippen molar-refractivity contribution in [2.75, 3.05) is 18.5 Å². The van der Waals surface area contributed by atoms with E-state index in [9.17, 15) is 4.79 Å². The molecule has 4 heteroatoms. The fraction of sp³-hybridized carbons (Fsp3) is 0.300. The van der Waals surface area contributed by atoms with Crippen molar-refractivity contribution in [2.24, 2.45) is 5.73 Å². The molecule has 0 atom stereocenters. The van der Waals surface area contributed by atoms with E-state index in [1.54, 1.807) is 0 Å². The molecule has 2 rings (SSSR count). The molecule has 3 N–H and O–H groups in total. The average molecular weight is 192 g/mol. The number of fused-ring (bicyclic) bond motifs is 1. The third-order valence-electron chi connectivity index (χ3n) is 2.09. The van der Waals surface area contributed by atoms with Gasteiger partial charge in [0.1, 0.15) is 12.4 Å². The van der Waals surface area contributed by atoms with Crippen LogP contribution in [-0.4, -0.2) is 19.1 Å². The van der Waals surface area contributed by atoms with Crippen molar-refractivity contribution in [1.82, 2.24) is 0 Å². The molecule has 0 unspecified atom stereocenters. The zero-order chi connectivity index (χ0) is 9.97. The lowest BCUT2D eigenvalue weighted by molar-refractivity contribution is -0.115. The lowest BCUT2D eigenvalue weighted by atomic mass is 10.1. The van der Waals surface area contributed by atoms with E-state index in [0.717, 1.165) is 17.0 Å². The first-order chi connectivity index (χ1) is 6.79. The molecule has 0 aromatic heterocycles. The molecule has 1 aromatic rings. The highest BCUT2D eigenvalue weighted by Gasteiger charge is 2.17. The highest BCUT2D eigenvalue weighted by Crippen LogP contribution is 2.26. The molecule has 74 valence electrons. The van der Waals surface area contributed by atoms with Gasteiger partial charge in [0.05, 0.1) is 6.42 Å². The van der Waals surface area contributed by atoms with Crippen LogP contribution in [0.25, 0.3) is 0 Å². The quantitative estimate of drug-likeness (QED) is 0.733. The number of anilines is 1. The second-order valence-electron chi connectivity index (χ2n) is 3.18. The molecule has 0 saturated heterocycles. The minimum atomic E-state index is 0.0379. The summed E-state index contributed by atoms with van der Waals surface area (Å²) in [5, 5.41) is 2.76. The fourth-order valence-corrected chi connectivity index (χ4v) is 1.47. The Balaban J connectivity index is 2.16. The van der Waals surface area contributed by atoms with Gasteiger partial charge in [-0.3, -0.25) is 4.79 Å². The summed E-state index contributed by atoms with van der Waals surface area (Å²) < 4.78 is 5.35. The Hall–Kier alpha value is -1.55. The number of nitrogens with one attached hydrogen (secondary N) is 1. The molecule has 0 saturated carbocycles. The average Bonchev–Trinajstić information content (AvgIpc) is 2.54. The monoisotopic (exact) mass is 192 g/mol. The third kappa shape index (κ3) is 1.70. The summed E-state index contributed by atoms with van der Waals surface area (Å²) in [7, 11) is 0. The summed E-state index contributed by atoms with van der Waals surface area (Å²) in [6.07, 6.45) is 0.440. The number of nitrogens with two attached hydrogens (primary N) is 1. The van der Waals surface area contributed by atoms with Crippen LogP contribution >= 0.6 is 0 Å². The van der Waals surface area contributed by atoms with Crippen LogP contribution in [0.3, 0.4) is 0 Å². The minimum Gasteiger partial charge on any atom is -0.492 e. The van der Waals surface area contributed by atoms with Crippen molar-refractivity contribution in [3.05, 3.63) is 23.8 Å². The number of rotatable bonds is 3. The van der Waals surface area contributed by atoms with E-state index in [-0.39, 0.29) is 5.91 Å². The smallest absolute Gasteiger partial charge is 0.228 e. The Labute approximate surface area is 82.1 Å². The summed E-state index contributed by atoms with van der Waals surface area (Å²) >= 11 is 0. The molecular formula is C10H12N2O2. The van der Waals surface area contributed by atoms with Crippen molar-refractivity contribution < 1.29 is 9.53 Å². The number of benzene rings is 1. The molecule has 1 heterocycles. The van der Waals surface area contributed by atoms with Crippen molar-refractivity contribution >= 4 is 11.6 Å². The van der Waals surface area contributed by atoms with Gasteiger partial charge in [-0.15, -0.1) is 0 Å². The van der Waals surface area contributed by atoms with Gasteiger partial charge in [-0.05, 0) is 23.8 Å². The lowest BCUT2D eigenvalue weighted by Gasteiger charge is -2.05. The van der Waals surface area contributed by atoms with Crippen molar-refractivity contribution in [2.45, 2.75) is 6.42 Å². The van der Waals surface area contributed by atoms with E-state index >= 15 is 0 Å². The van der Waals surface area contributed by atoms with E-state index in [1.165, 1.54) is 0 Å². The van der Waals surface area contributed by atoms with Crippen LogP contribution < -0.4 is 15.8 Å². The van der Waals surface area contributed by atoms with Crippen LogP contribution in [0.1, 0.15) is 5.56 Å². The second-order valence-corrected chi connectivity index (χ2v) is 3.18. The summed E-state index contributed by atoms with van der Waals surface area (Å²) in [4.78, 5) is 11.1. The molecule has 1 aromatic carbocycles. The minimum absolute atomic E-state index is 0.0379. The van der Waals surface area contributed by atoms with Gasteiger partial charge in [-0.2, -0.15) is 0 Å². The topological polar surface area (TPSA) is 64.3 Å². The van der Waals surface area contributed by atoms with Gasteiger partial charge in [0.2, 0.25) is 5.91 Å². The number of ether oxygens (including phenoxy) is 1. The van der Waals surface area contributed by atoms with Crippen LogP contribution in [0.2, 0.25) is 0 Å². The van der Waals surface area contributed by atoms with E-state index in [4.69, 9.17) is 10.5 Å². The lowest BCUT2D eigenvalue weighted by Crippen LogP contribution is -2.10. The van der Waals surface area contributed by atoms with Crippen LogP contribution in [0.5, 0.6) is 5.75 Å². The molecule has 4 nitrogen and oxygen atoms in total. The van der Waals surface area contributed by atoms with Crippen LogP contribution in [0.15, 0.2) is 18.2 Å². The highest BCUT2D eigenvalue weighted by molar-refractivity contribution is 5.99. The van der Waals surface area contributed by atoms with Gasteiger partial charge in [0, 0.05) is 12.2 Å². The predicted molar refractivity (Wildman–Crippen MR) is 53.3 cm³/mol. The van der Waals surface area contributed by atoms with Crippen LogP contribution in [0, 0.1) is 0 Å². The molecule has 0 fully saturated rings. The molecule has 14 heavy (non-hydrogen) atoms. The first kappa shape index (κ1) is 9.02. The summed E-state index contributed by atoms with van der Waals surface area (Å²) in [6.45, 7) is 0.994. The SMILES string of the molecule is NCCOc1ccc2c(c1)CC(=O)N2. The Morgan fingerprint density at radius 1 is 1.50 bits per heavy atom. The van der Waals surface area contributed by atoms with Gasteiger partial charge in [0.25, 0.3) is 0 Å². The summed E-state index contributed by atoms with van der Waals surface area (Å²) in [6, 6.07) is 5.56. The first-order valence-corrected chi connectivity index (χ1v) is 4.55. The zero-order valence-electron chi connectivity index (χ0n) is 7.75. The van der Waals surface area contributed by atoms with Crippen LogP contribution in [-0.2, 0) is 11.2 Å². The van der Waals surface area contributed by atoms with Gasteiger partial charge in [-0.1, -0.05) is 0 Å².